The van der Waals surface area contributed by atoms with Gasteiger partial charge in [0.25, 0.3) is 5.91 Å². The Hall–Kier alpha value is -7.96. The Morgan fingerprint density at radius 1 is 0.747 bits per heavy atom. The Morgan fingerprint density at radius 2 is 1.24 bits per heavy atom. The third-order valence-electron chi connectivity index (χ3n) is 13.0. The third-order valence-corrected chi connectivity index (χ3v) is 15.8. The van der Waals surface area contributed by atoms with Gasteiger partial charge in [0.15, 0.2) is 22.8 Å². The number of rotatable bonds is 16. The normalized spacial score (nSPS) is 18.7. The fraction of sp³-hybridized carbons (Fsp3) is 0.207. The van der Waals surface area contributed by atoms with Gasteiger partial charge in [-0.15, -0.1) is 11.8 Å². The summed E-state index contributed by atoms with van der Waals surface area (Å²) in [6, 6.07) is 51.3. The predicted octanol–water partition coefficient (Wildman–Crippen LogP) is 8.39. The Morgan fingerprint density at radius 3 is 1.72 bits per heavy atom. The van der Waals surface area contributed by atoms with Gasteiger partial charge in [0.2, 0.25) is 5.91 Å². The molecule has 0 aromatic heterocycles. The molecule has 0 saturated carbocycles. The van der Waals surface area contributed by atoms with Crippen molar-refractivity contribution in [1.29, 1.82) is 0 Å². The van der Waals surface area contributed by atoms with Crippen LogP contribution in [0.5, 0.6) is 11.5 Å². The van der Waals surface area contributed by atoms with E-state index in [1.807, 2.05) is 157 Å². The number of hydrogen-bond donors (Lipinski definition) is 2. The van der Waals surface area contributed by atoms with Crippen LogP contribution in [0.3, 0.4) is 0 Å². The molecular formula is C58H52N6O9S2. The van der Waals surface area contributed by atoms with E-state index in [0.717, 1.165) is 38.9 Å². The van der Waals surface area contributed by atoms with Crippen molar-refractivity contribution in [3.8, 4) is 11.5 Å². The number of amidine groups is 1. The lowest BCUT2D eigenvalue weighted by molar-refractivity contribution is -0.154. The van der Waals surface area contributed by atoms with Gasteiger partial charge in [0.05, 0.1) is 13.5 Å². The summed E-state index contributed by atoms with van der Waals surface area (Å²) >= 11 is 1.45. The second-order valence-electron chi connectivity index (χ2n) is 18.2. The van der Waals surface area contributed by atoms with Gasteiger partial charge < -0.3 is 24.8 Å². The first kappa shape index (κ1) is 50.6. The molecule has 4 aliphatic rings. The molecule has 4 heterocycles. The highest BCUT2D eigenvalue weighted by Gasteiger charge is 2.55. The van der Waals surface area contributed by atoms with E-state index < -0.39 is 63.5 Å². The molecule has 15 nitrogen and oxygen atoms in total. The van der Waals surface area contributed by atoms with Crippen LogP contribution in [0.2, 0.25) is 0 Å². The van der Waals surface area contributed by atoms with E-state index in [2.05, 4.69) is 20.1 Å². The van der Waals surface area contributed by atoms with Crippen LogP contribution >= 0.6 is 11.8 Å². The molecule has 0 bridgehead atoms. The molecule has 17 heteroatoms. The molecule has 4 aliphatic heterocycles. The van der Waals surface area contributed by atoms with E-state index >= 15 is 0 Å². The maximum absolute atomic E-state index is 14.9. The molecule has 3 atom stereocenters. The number of hydrogen-bond acceptors (Lipinski definition) is 13. The summed E-state index contributed by atoms with van der Waals surface area (Å²) in [5, 5.41) is 8.09. The summed E-state index contributed by atoms with van der Waals surface area (Å²) in [6.07, 6.45) is -0.922. The van der Waals surface area contributed by atoms with Crippen LogP contribution in [0.25, 0.3) is 0 Å². The smallest absolute Gasteiger partial charge is 0.356 e. The van der Waals surface area contributed by atoms with E-state index in [4.69, 9.17) is 24.0 Å². The number of β-lactam (4-membered cyclic amide) rings is 1. The van der Waals surface area contributed by atoms with Gasteiger partial charge in [-0.05, 0) is 56.6 Å². The van der Waals surface area contributed by atoms with E-state index in [1.54, 1.807) is 12.1 Å². The van der Waals surface area contributed by atoms with Crippen molar-refractivity contribution in [2.24, 2.45) is 9.52 Å². The Bertz CT molecular complexity index is 3100. The van der Waals surface area contributed by atoms with Gasteiger partial charge in [-0.2, -0.15) is 0 Å². The number of aliphatic imine (C=N–C) groups is 1. The number of carbonyl (C=O) groups is 5. The van der Waals surface area contributed by atoms with Crippen LogP contribution in [-0.2, 0) is 62.9 Å². The number of nitrogens with zero attached hydrogens (tertiary/aromatic N) is 4. The topological polar surface area (TPSA) is 178 Å². The van der Waals surface area contributed by atoms with Gasteiger partial charge in [0, 0.05) is 61.0 Å². The standard InChI is InChI=1S/C58H52N6O9S2/c1-37(65)71-48-29-41-32-63(33-42(41)30-49(48)72-38(2)66)34-43-35-74-55-51(54(68)64(55)52(43)56(69)73-53(39-19-9-4-10-20-39)40-21-11-5-12-22-40)60-50(67)31-47-36-75(62-70-3)57(59-47)61-58(44-23-13-6-14-24-44,45-25-15-7-16-26-45)46-27-17-8-18-28-46/h4-30,36,51,53,55H,31-35H2,1-3H3,(H,59,61)(H,60,67). The Kier molecular flexibility index (Phi) is 15.0. The fourth-order valence-corrected chi connectivity index (χ4v) is 12.5. The zero-order valence-corrected chi connectivity index (χ0v) is 42.8. The second kappa shape index (κ2) is 22.3. The number of carbonyl (C=O) groups excluding carboxylic acids is 5. The summed E-state index contributed by atoms with van der Waals surface area (Å²) < 4.78 is 21.7. The minimum Gasteiger partial charge on any atom is -0.448 e. The third kappa shape index (κ3) is 10.7. The van der Waals surface area contributed by atoms with E-state index in [-0.39, 0.29) is 30.2 Å². The minimum atomic E-state index is -1.04. The molecule has 10 rings (SSSR count). The largest absolute Gasteiger partial charge is 0.448 e. The van der Waals surface area contributed by atoms with E-state index in [0.29, 0.717) is 35.3 Å². The van der Waals surface area contributed by atoms with Crippen molar-refractivity contribution in [2.45, 2.75) is 56.4 Å². The summed E-state index contributed by atoms with van der Waals surface area (Å²) in [6.45, 7) is 3.63. The van der Waals surface area contributed by atoms with Gasteiger partial charge in [-0.25, -0.2) is 14.6 Å². The number of amides is 2. The molecule has 0 radical (unpaired) electrons. The fourth-order valence-electron chi connectivity index (χ4n) is 9.86. The van der Waals surface area contributed by atoms with Gasteiger partial charge in [-0.3, -0.25) is 29.0 Å². The molecule has 6 aromatic rings. The number of esters is 3. The second-order valence-corrected chi connectivity index (χ2v) is 20.7. The zero-order chi connectivity index (χ0) is 52.1. The molecule has 3 unspecified atom stereocenters. The van der Waals surface area contributed by atoms with Gasteiger partial charge in [0.1, 0.15) is 22.7 Å². The Balaban J connectivity index is 0.915. The maximum Gasteiger partial charge on any atom is 0.356 e. The predicted molar refractivity (Wildman–Crippen MR) is 285 cm³/mol. The number of fused-ring (bicyclic) bond motifs is 2. The first-order chi connectivity index (χ1) is 36.5. The molecule has 2 N–H and O–H groups in total. The lowest BCUT2D eigenvalue weighted by Crippen LogP contribution is -2.70. The highest BCUT2D eigenvalue weighted by molar-refractivity contribution is 8.05. The zero-order valence-electron chi connectivity index (χ0n) is 41.2. The number of thioether (sulfide) groups is 1. The Labute approximate surface area is 440 Å². The molecule has 380 valence electrons. The SMILES string of the molecule is CO/N=S1\C=C(CC(=O)NC2C(=O)N3C(C(=O)OC(c4ccccc4)c4ccccc4)=C(CN4Cc5cc(OC(C)=O)c(OC(C)=O)cc5C4)CSC23)NC1=NC(c1ccccc1)(c1ccccc1)c1ccccc1. The van der Waals surface area contributed by atoms with Crippen molar-refractivity contribution in [3.63, 3.8) is 0 Å². The lowest BCUT2D eigenvalue weighted by atomic mass is 9.77. The molecule has 75 heavy (non-hydrogen) atoms. The van der Waals surface area contributed by atoms with Crippen molar-refractivity contribution in [3.05, 3.63) is 225 Å². The number of benzene rings is 6. The first-order valence-corrected chi connectivity index (χ1v) is 26.5. The lowest BCUT2D eigenvalue weighted by Gasteiger charge is -2.50. The van der Waals surface area contributed by atoms with Crippen LogP contribution in [0.4, 0.5) is 0 Å². The molecule has 0 spiro atoms. The molecule has 0 aliphatic carbocycles. The van der Waals surface area contributed by atoms with Crippen LogP contribution in [0.15, 0.2) is 196 Å². The molecule has 1 fully saturated rings. The van der Waals surface area contributed by atoms with Crippen LogP contribution in [-0.4, -0.2) is 75.5 Å². The number of nitrogens with one attached hydrogen (secondary N) is 2. The summed E-state index contributed by atoms with van der Waals surface area (Å²) in [5.74, 6) is -2.09. The molecule has 1 saturated heterocycles. The maximum atomic E-state index is 14.9. The van der Waals surface area contributed by atoms with Gasteiger partial charge in [-0.1, -0.05) is 156 Å². The highest BCUT2D eigenvalue weighted by atomic mass is 32.2. The summed E-state index contributed by atoms with van der Waals surface area (Å²) in [7, 11) is 0.429. The first-order valence-electron chi connectivity index (χ1n) is 24.2. The van der Waals surface area contributed by atoms with Crippen LogP contribution in [0.1, 0.15) is 65.3 Å². The molecular weight excluding hydrogens is 989 g/mol. The number of ether oxygens (including phenoxy) is 3. The molecule has 2 amide bonds. The van der Waals surface area contributed by atoms with E-state index in [1.165, 1.54) is 37.6 Å². The van der Waals surface area contributed by atoms with Gasteiger partial charge >= 0.3 is 17.9 Å². The van der Waals surface area contributed by atoms with Crippen molar-refractivity contribution in [1.82, 2.24) is 20.4 Å². The van der Waals surface area contributed by atoms with E-state index in [9.17, 15) is 24.0 Å². The van der Waals surface area contributed by atoms with Crippen molar-refractivity contribution in [2.75, 3.05) is 19.4 Å². The van der Waals surface area contributed by atoms with Crippen LogP contribution in [0, 0.1) is 0 Å². The highest BCUT2D eigenvalue weighted by Crippen LogP contribution is 2.44. The quantitative estimate of drug-likeness (QED) is 0.0312. The monoisotopic (exact) mass is 1040 g/mol. The summed E-state index contributed by atoms with van der Waals surface area (Å²) in [5.41, 5.74) is 6.26. The average molecular weight is 1040 g/mol. The average Bonchev–Trinajstić information content (AvgIpc) is 4.00. The summed E-state index contributed by atoms with van der Waals surface area (Å²) in [4.78, 5) is 82.0. The van der Waals surface area contributed by atoms with Crippen LogP contribution < -0.4 is 20.1 Å². The molecule has 6 aromatic carbocycles. The minimum absolute atomic E-state index is 0.119. The van der Waals surface area contributed by atoms with Crippen molar-refractivity contribution >= 4 is 57.3 Å². The van der Waals surface area contributed by atoms with Crippen molar-refractivity contribution < 1.29 is 43.0 Å².